The minimum absolute atomic E-state index is 0. The molecule has 1 aliphatic carbocycles. The van der Waals surface area contributed by atoms with E-state index < -0.39 is 7.82 Å². The second-order valence-corrected chi connectivity index (χ2v) is 8.76. The van der Waals surface area contributed by atoms with E-state index in [-0.39, 0.29) is 45.9 Å². The van der Waals surface area contributed by atoms with E-state index in [9.17, 15) is 19.0 Å². The Balaban J connectivity index is -0.000000499. The fourth-order valence-electron chi connectivity index (χ4n) is 2.41. The number of rotatable bonds is 6. The highest BCUT2D eigenvalue weighted by Crippen LogP contribution is 2.43. The molecule has 178 valence electrons. The molecule has 0 radical (unpaired) electrons. The Morgan fingerprint density at radius 2 is 1.61 bits per heavy atom. The molecule has 1 aliphatic rings. The molecule has 8 nitrogen and oxygen atoms in total. The normalized spacial score (nSPS) is 13.1. The van der Waals surface area contributed by atoms with Crippen LogP contribution in [0.3, 0.4) is 0 Å². The molecule has 0 fully saturated rings. The molecule has 0 aromatic heterocycles. The molecule has 1 atom stereocenters. The molecule has 31 heavy (non-hydrogen) atoms. The van der Waals surface area contributed by atoms with Gasteiger partial charge in [0.2, 0.25) is 1.43 Å². The van der Waals surface area contributed by atoms with Gasteiger partial charge in [-0.2, -0.15) is 0 Å². The van der Waals surface area contributed by atoms with Gasteiger partial charge < -0.3 is 19.2 Å². The van der Waals surface area contributed by atoms with Gasteiger partial charge in [-0.3, -0.25) is 18.9 Å². The maximum absolute atomic E-state index is 12.8. The van der Waals surface area contributed by atoms with Crippen LogP contribution in [0.1, 0.15) is 55.5 Å². The second kappa shape index (κ2) is 15.3. The highest BCUT2D eigenvalue weighted by Gasteiger charge is 2.31. The maximum atomic E-state index is 12.8. The van der Waals surface area contributed by atoms with Crippen LogP contribution in [-0.2, 0) is 13.6 Å². The van der Waals surface area contributed by atoms with Crippen molar-refractivity contribution < 1.29 is 40.9 Å². The number of ketones is 2. The average molecular weight is 500 g/mol. The van der Waals surface area contributed by atoms with Crippen LogP contribution < -0.4 is 10.8 Å². The predicted molar refractivity (Wildman–Crippen MR) is 125 cm³/mol. The van der Waals surface area contributed by atoms with Crippen molar-refractivity contribution in [2.45, 2.75) is 27.2 Å². The smallest absolute Gasteiger partial charge is 0.268 e. The second-order valence-electron chi connectivity index (χ2n) is 4.96. The lowest BCUT2D eigenvalue weighted by Crippen LogP contribution is -2.21. The molecular formula is C19H30FNO7PS2-. The minimum Gasteiger partial charge on any atom is -0.756 e. The number of hydrogen-bond acceptors (Lipinski definition) is 10. The van der Waals surface area contributed by atoms with E-state index >= 15 is 0 Å². The molecule has 3 rings (SSSR count). The molecule has 0 aliphatic heterocycles. The quantitative estimate of drug-likeness (QED) is 0.158. The number of nitrogens with two attached hydrogens (primary N) is 1. The maximum Gasteiger partial charge on any atom is 0.268 e. The van der Waals surface area contributed by atoms with Crippen molar-refractivity contribution in [3.8, 4) is 0 Å². The van der Waals surface area contributed by atoms with Gasteiger partial charge in [0.1, 0.15) is 5.94 Å². The van der Waals surface area contributed by atoms with Crippen LogP contribution in [0.25, 0.3) is 0 Å². The Labute approximate surface area is 192 Å². The Morgan fingerprint density at radius 1 is 1.10 bits per heavy atom. The Morgan fingerprint density at radius 3 is 2.16 bits per heavy atom. The fraction of sp³-hybridized carbons (Fsp3) is 0.263. The van der Waals surface area contributed by atoms with Crippen LogP contribution in [-0.4, -0.2) is 29.8 Å². The fourth-order valence-corrected chi connectivity index (χ4v) is 5.13. The van der Waals surface area contributed by atoms with E-state index in [1.807, 2.05) is 0 Å². The summed E-state index contributed by atoms with van der Waals surface area (Å²) in [6.45, 7) is 0. The zero-order chi connectivity index (χ0) is 20.7. The highest BCUT2D eigenvalue weighted by atomic mass is 33.1. The SMILES string of the molecule is C.C.C.COP(=O)([O-])OCSSc1cccc2c1C(=O)c1ccccc1C2=O.F.[2H]ON.[HH]. The van der Waals surface area contributed by atoms with E-state index in [1.165, 1.54) is 10.8 Å². The highest BCUT2D eigenvalue weighted by molar-refractivity contribution is 8.76. The first-order valence-corrected chi connectivity index (χ1v) is 11.1. The summed E-state index contributed by atoms with van der Waals surface area (Å²) in [5.41, 5.74) is 1.45. The zero-order valence-corrected chi connectivity index (χ0v) is 16.9. The third kappa shape index (κ3) is 7.81. The Bertz CT molecular complexity index is 941. The van der Waals surface area contributed by atoms with Crippen LogP contribution in [0.15, 0.2) is 47.4 Å². The number of halogens is 1. The molecule has 1 unspecified atom stereocenters. The van der Waals surface area contributed by atoms with E-state index in [0.29, 0.717) is 27.1 Å². The van der Waals surface area contributed by atoms with Crippen LogP contribution in [0.4, 0.5) is 4.70 Å². The number of fused-ring (bicyclic) bond motifs is 2. The Hall–Kier alpha value is -1.56. The van der Waals surface area contributed by atoms with Crippen molar-refractivity contribution in [3.63, 3.8) is 0 Å². The standard InChI is InChI=1S/C16H13O6PS2.3CH4.FH.H3NO.H2/c1-21-23(19,20)22-9-24-25-13-8-4-7-12-14(13)16(18)11-6-3-2-5-10(11)15(12)17;;;;;1-2;/h2-8H,9H2,1H3,(H,19,20);3*1H4;1H;2H,1H2;1H/p-1/i;;;;;2D;. The van der Waals surface area contributed by atoms with E-state index in [1.54, 1.807) is 42.5 Å². The Kier molecular flexibility index (Phi) is 15.6. The topological polar surface area (TPSA) is 139 Å². The molecule has 3 N–H and O–H groups in total. The van der Waals surface area contributed by atoms with Gasteiger partial charge in [-0.25, -0.2) is 5.90 Å². The molecule has 0 amide bonds. The first kappa shape index (κ1) is 31.6. The molecule has 2 aromatic rings. The third-order valence-electron chi connectivity index (χ3n) is 3.55. The first-order valence-electron chi connectivity index (χ1n) is 7.71. The van der Waals surface area contributed by atoms with Gasteiger partial charge in [0.25, 0.3) is 7.82 Å². The summed E-state index contributed by atoms with van der Waals surface area (Å²) in [6.07, 6.45) is 0. The molecule has 0 saturated carbocycles. The number of carbonyl (C=O) groups is 2. The van der Waals surface area contributed by atoms with E-state index in [0.717, 1.165) is 17.9 Å². The lowest BCUT2D eigenvalue weighted by Gasteiger charge is -2.21. The van der Waals surface area contributed by atoms with Crippen molar-refractivity contribution in [1.82, 2.24) is 0 Å². The van der Waals surface area contributed by atoms with Gasteiger partial charge in [0, 0.05) is 35.7 Å². The van der Waals surface area contributed by atoms with Crippen molar-refractivity contribution in [2.75, 3.05) is 13.0 Å². The predicted octanol–water partition coefficient (Wildman–Crippen LogP) is 4.93. The first-order chi connectivity index (χ1) is 13.4. The molecule has 2 aromatic carbocycles. The summed E-state index contributed by atoms with van der Waals surface area (Å²) in [7, 11) is -1.02. The van der Waals surface area contributed by atoms with Crippen LogP contribution in [0, 0.1) is 0 Å². The molecule has 0 heterocycles. The summed E-state index contributed by atoms with van der Waals surface area (Å²) in [5.74, 6) is 3.42. The molecule has 0 spiro atoms. The number of hydrogen-bond donors (Lipinski definition) is 2. The van der Waals surface area contributed by atoms with E-state index in [2.05, 4.69) is 20.2 Å². The molecule has 0 bridgehead atoms. The van der Waals surface area contributed by atoms with Crippen molar-refractivity contribution in [2.24, 2.45) is 5.90 Å². The largest absolute Gasteiger partial charge is 0.756 e. The molecule has 0 saturated heterocycles. The minimum atomic E-state index is -4.29. The molecule has 12 heteroatoms. The van der Waals surface area contributed by atoms with Gasteiger partial charge in [0.15, 0.2) is 11.6 Å². The van der Waals surface area contributed by atoms with Gasteiger partial charge in [0.05, 0.1) is 0 Å². The monoisotopic (exact) mass is 499 g/mol. The average Bonchev–Trinajstić information content (AvgIpc) is 2.70. The number of carbonyl (C=O) groups excluding carboxylic acids is 2. The number of benzene rings is 2. The van der Waals surface area contributed by atoms with Gasteiger partial charge in [-0.05, 0) is 6.07 Å². The summed E-state index contributed by atoms with van der Waals surface area (Å²) in [6, 6.07) is 11.7. The van der Waals surface area contributed by atoms with Crippen LogP contribution in [0.2, 0.25) is 1.43 Å². The lowest BCUT2D eigenvalue weighted by atomic mass is 9.84. The summed E-state index contributed by atoms with van der Waals surface area (Å²) < 4.78 is 25.4. The van der Waals surface area contributed by atoms with Crippen molar-refractivity contribution in [3.05, 3.63) is 64.7 Å². The summed E-state index contributed by atoms with van der Waals surface area (Å²) >= 11 is 0. The van der Waals surface area contributed by atoms with Gasteiger partial charge in [-0.1, -0.05) is 80.3 Å². The number of phosphoric acid groups is 1. The van der Waals surface area contributed by atoms with Crippen LogP contribution >= 0.6 is 29.4 Å². The lowest BCUT2D eigenvalue weighted by molar-refractivity contribution is -0.221. The zero-order valence-electron chi connectivity index (χ0n) is 15.4. The van der Waals surface area contributed by atoms with Crippen molar-refractivity contribution in [1.29, 1.82) is 0 Å². The van der Waals surface area contributed by atoms with Crippen molar-refractivity contribution >= 4 is 41.0 Å². The summed E-state index contributed by atoms with van der Waals surface area (Å²) in [5, 5.41) is 3.00. The van der Waals surface area contributed by atoms with Crippen LogP contribution in [0.5, 0.6) is 0 Å². The van der Waals surface area contributed by atoms with Gasteiger partial charge in [-0.15, -0.1) is 0 Å². The molecular weight excluding hydrogens is 468 g/mol. The number of phosphoric ester groups is 1. The third-order valence-corrected chi connectivity index (χ3v) is 6.65. The van der Waals surface area contributed by atoms with E-state index in [4.69, 9.17) is 1.43 Å². The van der Waals surface area contributed by atoms with Gasteiger partial charge >= 0.3 is 0 Å². The summed E-state index contributed by atoms with van der Waals surface area (Å²) in [4.78, 5) is 37.1.